The first kappa shape index (κ1) is 15.8. The van der Waals surface area contributed by atoms with Gasteiger partial charge in [-0.15, -0.1) is 0 Å². The van der Waals surface area contributed by atoms with Crippen molar-refractivity contribution >= 4 is 24.6 Å². The Morgan fingerprint density at radius 1 is 1.19 bits per heavy atom. The first-order chi connectivity index (χ1) is 9.75. The maximum atomic E-state index is 10.5. The van der Waals surface area contributed by atoms with Gasteiger partial charge < -0.3 is 14.6 Å². The number of rotatable bonds is 5. The van der Waals surface area contributed by atoms with Crippen LogP contribution in [0.2, 0.25) is 0 Å². The summed E-state index contributed by atoms with van der Waals surface area (Å²) in [6.07, 6.45) is 0.756. The summed E-state index contributed by atoms with van der Waals surface area (Å²) in [4.78, 5) is 10.5. The van der Waals surface area contributed by atoms with Gasteiger partial charge in [0.15, 0.2) is 0 Å². The zero-order valence-electron chi connectivity index (χ0n) is 13.1. The second-order valence-corrected chi connectivity index (χ2v) is 6.34. The van der Waals surface area contributed by atoms with Gasteiger partial charge in [0.1, 0.15) is 6.29 Å². The molecule has 1 aromatic carbocycles. The Kier molecular flexibility index (Phi) is 4.26. The molecule has 0 atom stereocenters. The fourth-order valence-electron chi connectivity index (χ4n) is 1.99. The number of hydrogen-bond acceptors (Lipinski definition) is 4. The summed E-state index contributed by atoms with van der Waals surface area (Å²) in [6.45, 7) is 12.2. The molecule has 0 bridgehead atoms. The summed E-state index contributed by atoms with van der Waals surface area (Å²) in [5, 5.41) is 3.13. The zero-order chi connectivity index (χ0) is 15.7. The average molecular weight is 287 g/mol. The highest BCUT2D eigenvalue weighted by Gasteiger charge is 2.51. The van der Waals surface area contributed by atoms with Crippen molar-refractivity contribution in [1.82, 2.24) is 0 Å². The summed E-state index contributed by atoms with van der Waals surface area (Å²) in [5.41, 5.74) is 1.75. The normalized spacial score (nSPS) is 19.3. The van der Waals surface area contributed by atoms with E-state index < -0.39 is 0 Å². The first-order valence-electron chi connectivity index (χ1n) is 7.07. The molecule has 0 saturated carbocycles. The van der Waals surface area contributed by atoms with E-state index in [2.05, 4.69) is 11.9 Å². The molecular weight excluding hydrogens is 265 g/mol. The Morgan fingerprint density at radius 3 is 2.19 bits per heavy atom. The van der Waals surface area contributed by atoms with Crippen molar-refractivity contribution in [3.8, 4) is 0 Å². The highest BCUT2D eigenvalue weighted by Crippen LogP contribution is 2.36. The minimum atomic E-state index is -0.353. The van der Waals surface area contributed by atoms with Gasteiger partial charge in [-0.3, -0.25) is 4.79 Å². The molecule has 0 aromatic heterocycles. The number of nitrogens with one attached hydrogen (secondary N) is 1. The van der Waals surface area contributed by atoms with Crippen LogP contribution in [0.5, 0.6) is 0 Å². The highest BCUT2D eigenvalue weighted by atomic mass is 16.7. The first-order valence-corrected chi connectivity index (χ1v) is 7.07. The van der Waals surface area contributed by atoms with Crippen LogP contribution in [0, 0.1) is 0 Å². The molecule has 0 amide bonds. The van der Waals surface area contributed by atoms with Crippen molar-refractivity contribution in [2.75, 3.05) is 11.9 Å². The van der Waals surface area contributed by atoms with Gasteiger partial charge in [0.05, 0.1) is 11.2 Å². The molecule has 0 spiro atoms. The lowest BCUT2D eigenvalue weighted by atomic mass is 9.79. The van der Waals surface area contributed by atoms with Crippen molar-refractivity contribution in [2.24, 2.45) is 0 Å². The van der Waals surface area contributed by atoms with Gasteiger partial charge in [-0.1, -0.05) is 18.7 Å². The van der Waals surface area contributed by atoms with Crippen molar-refractivity contribution < 1.29 is 14.1 Å². The molecule has 1 fully saturated rings. The van der Waals surface area contributed by atoms with Crippen molar-refractivity contribution in [2.45, 2.75) is 38.9 Å². The van der Waals surface area contributed by atoms with Gasteiger partial charge >= 0.3 is 7.12 Å². The summed E-state index contributed by atoms with van der Waals surface area (Å²) in [6, 6.07) is 7.82. The monoisotopic (exact) mass is 287 g/mol. The lowest BCUT2D eigenvalue weighted by Crippen LogP contribution is -2.41. The number of carbonyl (C=O) groups is 1. The van der Waals surface area contributed by atoms with Crippen LogP contribution < -0.4 is 10.8 Å². The molecule has 4 nitrogen and oxygen atoms in total. The van der Waals surface area contributed by atoms with E-state index in [0.717, 1.165) is 17.4 Å². The summed E-state index contributed by atoms with van der Waals surface area (Å²) in [7, 11) is -0.353. The average Bonchev–Trinajstić information content (AvgIpc) is 2.65. The van der Waals surface area contributed by atoms with Crippen LogP contribution in [0.1, 0.15) is 27.7 Å². The third-order valence-electron chi connectivity index (χ3n) is 4.12. The number of aldehydes is 1. The number of carbonyl (C=O) groups excluding carboxylic acids is 1. The molecule has 0 aliphatic carbocycles. The van der Waals surface area contributed by atoms with Crippen LogP contribution in [-0.4, -0.2) is 31.2 Å². The number of anilines is 1. The molecule has 1 aromatic rings. The Hall–Kier alpha value is -1.59. The van der Waals surface area contributed by atoms with Gasteiger partial charge in [0.25, 0.3) is 0 Å². The van der Waals surface area contributed by atoms with E-state index in [1.807, 2.05) is 52.0 Å². The molecule has 1 N–H and O–H groups in total. The standard InChI is InChI=1S/C16H22BNO3/c1-12(11-19)10-18-14-8-6-13(7-9-14)17-20-15(2,3)16(4,5)21-17/h6-9,11,18H,1,10H2,2-5H3. The molecule has 1 aliphatic rings. The SMILES string of the molecule is C=C(C=O)CNc1ccc(B2OC(C)(C)C(C)(C)O2)cc1. The van der Waals surface area contributed by atoms with Crippen LogP contribution in [-0.2, 0) is 14.1 Å². The lowest BCUT2D eigenvalue weighted by Gasteiger charge is -2.32. The van der Waals surface area contributed by atoms with Gasteiger partial charge in [0.2, 0.25) is 0 Å². The van der Waals surface area contributed by atoms with Crippen molar-refractivity contribution in [3.05, 3.63) is 36.4 Å². The Labute approximate surface area is 126 Å². The highest BCUT2D eigenvalue weighted by molar-refractivity contribution is 6.62. The van der Waals surface area contributed by atoms with Crippen LogP contribution >= 0.6 is 0 Å². The van der Waals surface area contributed by atoms with Gasteiger partial charge in [-0.2, -0.15) is 0 Å². The van der Waals surface area contributed by atoms with E-state index in [4.69, 9.17) is 9.31 Å². The predicted octanol–water partition coefficient (Wildman–Crippen LogP) is 2.15. The van der Waals surface area contributed by atoms with Crippen LogP contribution in [0.3, 0.4) is 0 Å². The second kappa shape index (κ2) is 5.66. The minimum absolute atomic E-state index is 0.337. The molecule has 1 heterocycles. The van der Waals surface area contributed by atoms with E-state index in [1.165, 1.54) is 0 Å². The minimum Gasteiger partial charge on any atom is -0.399 e. The Balaban J connectivity index is 2.03. The van der Waals surface area contributed by atoms with E-state index in [-0.39, 0.29) is 18.3 Å². The fraction of sp³-hybridized carbons (Fsp3) is 0.438. The Bertz CT molecular complexity index is 521. The van der Waals surface area contributed by atoms with Crippen molar-refractivity contribution in [3.63, 3.8) is 0 Å². The third kappa shape index (κ3) is 3.36. The topological polar surface area (TPSA) is 47.6 Å². The van der Waals surface area contributed by atoms with Gasteiger partial charge in [-0.25, -0.2) is 0 Å². The molecule has 0 radical (unpaired) electrons. The van der Waals surface area contributed by atoms with E-state index in [0.29, 0.717) is 12.1 Å². The van der Waals surface area contributed by atoms with Crippen molar-refractivity contribution in [1.29, 1.82) is 0 Å². The molecular formula is C16H22BNO3. The maximum absolute atomic E-state index is 10.5. The molecule has 1 saturated heterocycles. The Morgan fingerprint density at radius 2 is 1.71 bits per heavy atom. The second-order valence-electron chi connectivity index (χ2n) is 6.34. The summed E-state index contributed by atoms with van der Waals surface area (Å²) in [5.74, 6) is 0. The quantitative estimate of drug-likeness (QED) is 0.512. The maximum Gasteiger partial charge on any atom is 0.494 e. The van der Waals surface area contributed by atoms with Crippen LogP contribution in [0.15, 0.2) is 36.4 Å². The summed E-state index contributed by atoms with van der Waals surface area (Å²) >= 11 is 0. The molecule has 112 valence electrons. The number of benzene rings is 1. The van der Waals surface area contributed by atoms with Gasteiger partial charge in [0, 0.05) is 17.8 Å². The van der Waals surface area contributed by atoms with E-state index in [1.54, 1.807) is 0 Å². The molecule has 0 unspecified atom stereocenters. The molecule has 2 rings (SSSR count). The third-order valence-corrected chi connectivity index (χ3v) is 4.12. The fourth-order valence-corrected chi connectivity index (χ4v) is 1.99. The van der Waals surface area contributed by atoms with E-state index in [9.17, 15) is 4.79 Å². The van der Waals surface area contributed by atoms with Gasteiger partial charge in [-0.05, 0) is 45.3 Å². The van der Waals surface area contributed by atoms with Crippen LogP contribution in [0.4, 0.5) is 5.69 Å². The number of hydrogen-bond donors (Lipinski definition) is 1. The molecule has 21 heavy (non-hydrogen) atoms. The predicted molar refractivity (Wildman–Crippen MR) is 85.9 cm³/mol. The zero-order valence-corrected chi connectivity index (χ0v) is 13.1. The largest absolute Gasteiger partial charge is 0.494 e. The molecule has 1 aliphatic heterocycles. The smallest absolute Gasteiger partial charge is 0.399 e. The van der Waals surface area contributed by atoms with E-state index >= 15 is 0 Å². The lowest BCUT2D eigenvalue weighted by molar-refractivity contribution is -0.104. The summed E-state index contributed by atoms with van der Waals surface area (Å²) < 4.78 is 12.0. The van der Waals surface area contributed by atoms with Crippen LogP contribution in [0.25, 0.3) is 0 Å². The molecule has 5 heteroatoms.